The summed E-state index contributed by atoms with van der Waals surface area (Å²) in [6.45, 7) is 4.69. The van der Waals surface area contributed by atoms with E-state index in [1.54, 1.807) is 0 Å². The van der Waals surface area contributed by atoms with E-state index < -0.39 is 0 Å². The molecule has 3 heteroatoms. The lowest BCUT2D eigenvalue weighted by Crippen LogP contribution is -2.14. The second kappa shape index (κ2) is 9.67. The lowest BCUT2D eigenvalue weighted by atomic mass is 9.81. The van der Waals surface area contributed by atoms with E-state index in [1.165, 1.54) is 43.8 Å². The normalized spacial score (nSPS) is 13.3. The lowest BCUT2D eigenvalue weighted by molar-refractivity contribution is 0.661. The molecule has 0 N–H and O–H groups in total. The van der Waals surface area contributed by atoms with Crippen molar-refractivity contribution < 1.29 is 0 Å². The van der Waals surface area contributed by atoms with Crippen LogP contribution >= 0.6 is 0 Å². The van der Waals surface area contributed by atoms with Crippen LogP contribution in [0.5, 0.6) is 0 Å². The molecule has 3 nitrogen and oxygen atoms in total. The molecule has 6 aromatic carbocycles. The monoisotopic (exact) mass is 575 g/mol. The number of aromatic nitrogens is 3. The van der Waals surface area contributed by atoms with E-state index in [-0.39, 0.29) is 5.41 Å². The van der Waals surface area contributed by atoms with Gasteiger partial charge in [0.15, 0.2) is 5.82 Å². The molecule has 0 atom stereocenters. The van der Waals surface area contributed by atoms with Gasteiger partial charge >= 0.3 is 0 Å². The Hall–Kier alpha value is -5.67. The van der Waals surface area contributed by atoms with E-state index in [2.05, 4.69) is 122 Å². The maximum Gasteiger partial charge on any atom is 0.161 e. The van der Waals surface area contributed by atoms with Crippen LogP contribution in [0.4, 0.5) is 0 Å². The van der Waals surface area contributed by atoms with Crippen LogP contribution in [-0.2, 0) is 5.41 Å². The molecule has 212 valence electrons. The number of hydrogen-bond acceptors (Lipinski definition) is 3. The summed E-state index contributed by atoms with van der Waals surface area (Å²) in [6, 6.07) is 47.5. The maximum atomic E-state index is 5.17. The van der Waals surface area contributed by atoms with Crippen molar-refractivity contribution in [2.75, 3.05) is 0 Å². The smallest absolute Gasteiger partial charge is 0.161 e. The van der Waals surface area contributed by atoms with Crippen LogP contribution < -0.4 is 0 Å². The summed E-state index contributed by atoms with van der Waals surface area (Å²) in [7, 11) is 0. The molecular weight excluding hydrogens is 546 g/mol. The molecule has 0 fully saturated rings. The summed E-state index contributed by atoms with van der Waals surface area (Å²) in [5.74, 6) is 0.695. The fraction of sp³-hybridized carbons (Fsp3) is 0.0714. The highest BCUT2D eigenvalue weighted by atomic mass is 14.9. The first kappa shape index (κ1) is 25.8. The molecule has 0 saturated heterocycles. The van der Waals surface area contributed by atoms with Gasteiger partial charge in [-0.15, -0.1) is 0 Å². The van der Waals surface area contributed by atoms with E-state index >= 15 is 0 Å². The minimum Gasteiger partial charge on any atom is -0.256 e. The van der Waals surface area contributed by atoms with Crippen LogP contribution in [0, 0.1) is 0 Å². The molecule has 0 spiro atoms. The molecular formula is C42H29N3. The average Bonchev–Trinajstić information content (AvgIpc) is 3.32. The summed E-state index contributed by atoms with van der Waals surface area (Å²) >= 11 is 0. The topological polar surface area (TPSA) is 38.7 Å². The molecule has 45 heavy (non-hydrogen) atoms. The first-order valence-corrected chi connectivity index (χ1v) is 15.4. The minimum atomic E-state index is -0.0372. The van der Waals surface area contributed by atoms with Crippen LogP contribution in [0.3, 0.4) is 0 Å². The first-order chi connectivity index (χ1) is 22.0. The summed E-state index contributed by atoms with van der Waals surface area (Å²) < 4.78 is 0. The van der Waals surface area contributed by atoms with Gasteiger partial charge in [-0.05, 0) is 80.2 Å². The Morgan fingerprint density at radius 2 is 1.20 bits per heavy atom. The van der Waals surface area contributed by atoms with E-state index in [1.807, 2.05) is 36.5 Å². The van der Waals surface area contributed by atoms with Gasteiger partial charge in [0, 0.05) is 33.7 Å². The fourth-order valence-corrected chi connectivity index (χ4v) is 7.18. The van der Waals surface area contributed by atoms with Gasteiger partial charge in [-0.25, -0.2) is 9.97 Å². The Bertz CT molecular complexity index is 2450. The van der Waals surface area contributed by atoms with Gasteiger partial charge in [0.2, 0.25) is 0 Å². The standard InChI is InChI=1S/C42H29N3/c1-42(2)36-14-8-6-12-31(36)35-23-28-17-16-27-22-29(18-19-30(27)34(28)24-37(35)42)40-25-39(26-10-4-3-5-11-26)44-41(45-40)33-20-21-43-38-15-9-7-13-32(33)38/h3-25H,1-2H3. The Balaban J connectivity index is 1.23. The molecule has 0 unspecified atom stereocenters. The van der Waals surface area contributed by atoms with Gasteiger partial charge in [-0.2, -0.15) is 0 Å². The van der Waals surface area contributed by atoms with Crippen LogP contribution in [0.25, 0.3) is 77.5 Å². The third kappa shape index (κ3) is 4.01. The zero-order valence-electron chi connectivity index (χ0n) is 25.1. The summed E-state index contributed by atoms with van der Waals surface area (Å²) in [5.41, 5.74) is 11.3. The highest BCUT2D eigenvalue weighted by Crippen LogP contribution is 2.50. The Morgan fingerprint density at radius 3 is 2.07 bits per heavy atom. The summed E-state index contributed by atoms with van der Waals surface area (Å²) in [5, 5.41) is 6.04. The minimum absolute atomic E-state index is 0.0372. The molecule has 0 amide bonds. The maximum absolute atomic E-state index is 5.17. The van der Waals surface area contributed by atoms with Crippen LogP contribution in [0.15, 0.2) is 140 Å². The number of pyridine rings is 1. The second-order valence-corrected chi connectivity index (χ2v) is 12.5. The van der Waals surface area contributed by atoms with Crippen LogP contribution in [0.1, 0.15) is 25.0 Å². The zero-order valence-corrected chi connectivity index (χ0v) is 25.1. The highest BCUT2D eigenvalue weighted by molar-refractivity contribution is 6.10. The van der Waals surface area contributed by atoms with Crippen molar-refractivity contribution in [2.24, 2.45) is 0 Å². The third-order valence-electron chi connectivity index (χ3n) is 9.52. The van der Waals surface area contributed by atoms with E-state index in [0.29, 0.717) is 5.82 Å². The summed E-state index contributed by atoms with van der Waals surface area (Å²) in [6.07, 6.45) is 1.84. The number of rotatable bonds is 3. The van der Waals surface area contributed by atoms with Crippen molar-refractivity contribution in [2.45, 2.75) is 19.3 Å². The molecule has 8 aromatic rings. The molecule has 0 bridgehead atoms. The third-order valence-corrected chi connectivity index (χ3v) is 9.52. The van der Waals surface area contributed by atoms with Crippen molar-refractivity contribution in [3.05, 3.63) is 151 Å². The highest BCUT2D eigenvalue weighted by Gasteiger charge is 2.35. The Labute approximate surface area is 261 Å². The molecule has 2 aromatic heterocycles. The zero-order chi connectivity index (χ0) is 30.1. The molecule has 0 radical (unpaired) electrons. The predicted molar refractivity (Wildman–Crippen MR) is 186 cm³/mol. The quantitative estimate of drug-likeness (QED) is 0.197. The fourth-order valence-electron chi connectivity index (χ4n) is 7.18. The lowest BCUT2D eigenvalue weighted by Gasteiger charge is -2.22. The molecule has 1 aliphatic rings. The average molecular weight is 576 g/mol. The van der Waals surface area contributed by atoms with Crippen molar-refractivity contribution in [3.63, 3.8) is 0 Å². The number of fused-ring (bicyclic) bond motifs is 7. The molecule has 1 aliphatic carbocycles. The SMILES string of the molecule is CC1(C)c2ccccc2-c2cc3ccc4cc(-c5cc(-c6ccccc6)nc(-c6ccnc7ccccc67)n5)ccc4c3cc21. The molecule has 2 heterocycles. The molecule has 0 aliphatic heterocycles. The van der Waals surface area contributed by atoms with E-state index in [9.17, 15) is 0 Å². The predicted octanol–water partition coefficient (Wildman–Crippen LogP) is 10.6. The van der Waals surface area contributed by atoms with Gasteiger partial charge in [0.05, 0.1) is 16.9 Å². The van der Waals surface area contributed by atoms with Crippen molar-refractivity contribution in [3.8, 4) is 45.0 Å². The Kier molecular flexibility index (Phi) is 5.54. The number of hydrogen-bond donors (Lipinski definition) is 0. The van der Waals surface area contributed by atoms with Gasteiger partial charge in [0.1, 0.15) is 0 Å². The molecule has 0 saturated carbocycles. The van der Waals surface area contributed by atoms with Crippen molar-refractivity contribution >= 4 is 32.4 Å². The van der Waals surface area contributed by atoms with Crippen molar-refractivity contribution in [1.82, 2.24) is 15.0 Å². The number of benzene rings is 6. The Morgan fingerprint density at radius 1 is 0.467 bits per heavy atom. The van der Waals surface area contributed by atoms with Crippen LogP contribution in [0.2, 0.25) is 0 Å². The number of nitrogens with zero attached hydrogens (tertiary/aromatic N) is 3. The molecule has 9 rings (SSSR count). The second-order valence-electron chi connectivity index (χ2n) is 12.5. The van der Waals surface area contributed by atoms with E-state index in [0.717, 1.165) is 39.0 Å². The van der Waals surface area contributed by atoms with Crippen LogP contribution in [-0.4, -0.2) is 15.0 Å². The van der Waals surface area contributed by atoms with Crippen molar-refractivity contribution in [1.29, 1.82) is 0 Å². The van der Waals surface area contributed by atoms with Gasteiger partial charge in [-0.3, -0.25) is 4.98 Å². The van der Waals surface area contributed by atoms with E-state index in [4.69, 9.17) is 9.97 Å². The largest absolute Gasteiger partial charge is 0.256 e. The van der Waals surface area contributed by atoms with Gasteiger partial charge in [0.25, 0.3) is 0 Å². The van der Waals surface area contributed by atoms with Gasteiger partial charge in [-0.1, -0.05) is 111 Å². The first-order valence-electron chi connectivity index (χ1n) is 15.4. The summed E-state index contributed by atoms with van der Waals surface area (Å²) in [4.78, 5) is 14.8. The van der Waals surface area contributed by atoms with Gasteiger partial charge < -0.3 is 0 Å². The number of para-hydroxylation sites is 1.